The van der Waals surface area contributed by atoms with Crippen molar-refractivity contribution in [3.63, 3.8) is 0 Å². The van der Waals surface area contributed by atoms with E-state index >= 15 is 0 Å². The first kappa shape index (κ1) is 12.2. The molecule has 1 aliphatic carbocycles. The van der Waals surface area contributed by atoms with Crippen LogP contribution in [0.25, 0.3) is 10.8 Å². The standard InChI is InChI=1S/C17H21N3/c1-12-9-14(11-20(12)15-5-6-15)19-17-4-2-3-13-7-8-18-10-16(13)17/h2-4,7-8,10,12,14-15,19H,5-6,9,11H2,1H3. The van der Waals surface area contributed by atoms with E-state index in [-0.39, 0.29) is 0 Å². The third kappa shape index (κ3) is 2.16. The molecule has 0 amide bonds. The van der Waals surface area contributed by atoms with Gasteiger partial charge in [-0.05, 0) is 43.7 Å². The van der Waals surface area contributed by atoms with Crippen LogP contribution in [0.4, 0.5) is 5.69 Å². The maximum atomic E-state index is 4.27. The van der Waals surface area contributed by atoms with Crippen LogP contribution in [0.3, 0.4) is 0 Å². The van der Waals surface area contributed by atoms with Crippen LogP contribution >= 0.6 is 0 Å². The van der Waals surface area contributed by atoms with Gasteiger partial charge in [-0.3, -0.25) is 9.88 Å². The van der Waals surface area contributed by atoms with Crippen LogP contribution in [0.15, 0.2) is 36.7 Å². The van der Waals surface area contributed by atoms with E-state index in [9.17, 15) is 0 Å². The van der Waals surface area contributed by atoms with E-state index in [1.165, 1.54) is 42.3 Å². The summed E-state index contributed by atoms with van der Waals surface area (Å²) in [7, 11) is 0. The van der Waals surface area contributed by atoms with E-state index in [1.807, 2.05) is 12.4 Å². The molecule has 2 aromatic rings. The largest absolute Gasteiger partial charge is 0.380 e. The molecular formula is C17H21N3. The lowest BCUT2D eigenvalue weighted by atomic mass is 10.1. The summed E-state index contributed by atoms with van der Waals surface area (Å²) in [5, 5.41) is 6.23. The lowest BCUT2D eigenvalue weighted by molar-refractivity contribution is 0.257. The van der Waals surface area contributed by atoms with Gasteiger partial charge in [0.05, 0.1) is 0 Å². The van der Waals surface area contributed by atoms with Gasteiger partial charge in [-0.15, -0.1) is 0 Å². The Morgan fingerprint density at radius 3 is 3.00 bits per heavy atom. The highest BCUT2D eigenvalue weighted by molar-refractivity contribution is 5.93. The normalized spacial score (nSPS) is 27.1. The van der Waals surface area contributed by atoms with Crippen LogP contribution in [0, 0.1) is 0 Å². The number of pyridine rings is 1. The summed E-state index contributed by atoms with van der Waals surface area (Å²) in [5.41, 5.74) is 1.23. The molecule has 0 bridgehead atoms. The molecule has 2 heterocycles. The Hall–Kier alpha value is -1.61. The zero-order chi connectivity index (χ0) is 13.5. The van der Waals surface area contributed by atoms with Crippen molar-refractivity contribution in [3.05, 3.63) is 36.7 Å². The number of anilines is 1. The fraction of sp³-hybridized carbons (Fsp3) is 0.471. The van der Waals surface area contributed by atoms with Crippen molar-refractivity contribution in [2.75, 3.05) is 11.9 Å². The van der Waals surface area contributed by atoms with Gasteiger partial charge < -0.3 is 5.32 Å². The number of rotatable bonds is 3. The van der Waals surface area contributed by atoms with Gasteiger partial charge in [0.25, 0.3) is 0 Å². The molecule has 20 heavy (non-hydrogen) atoms. The molecule has 0 radical (unpaired) electrons. The van der Waals surface area contributed by atoms with Gasteiger partial charge in [0.1, 0.15) is 0 Å². The molecule has 1 saturated carbocycles. The minimum atomic E-state index is 0.566. The number of aromatic nitrogens is 1. The monoisotopic (exact) mass is 267 g/mol. The summed E-state index contributed by atoms with van der Waals surface area (Å²) >= 11 is 0. The summed E-state index contributed by atoms with van der Waals surface area (Å²) in [6, 6.07) is 10.7. The highest BCUT2D eigenvalue weighted by Crippen LogP contribution is 2.34. The molecule has 1 aliphatic heterocycles. The Bertz CT molecular complexity index is 615. The van der Waals surface area contributed by atoms with Gasteiger partial charge in [0.2, 0.25) is 0 Å². The van der Waals surface area contributed by atoms with E-state index in [1.54, 1.807) is 0 Å². The minimum absolute atomic E-state index is 0.566. The first-order chi connectivity index (χ1) is 9.81. The van der Waals surface area contributed by atoms with Gasteiger partial charge >= 0.3 is 0 Å². The van der Waals surface area contributed by atoms with Crippen molar-refractivity contribution in [1.29, 1.82) is 0 Å². The average Bonchev–Trinajstić information content (AvgIpc) is 3.24. The van der Waals surface area contributed by atoms with Crippen molar-refractivity contribution in [3.8, 4) is 0 Å². The van der Waals surface area contributed by atoms with E-state index < -0.39 is 0 Å². The predicted octanol–water partition coefficient (Wildman–Crippen LogP) is 3.27. The topological polar surface area (TPSA) is 28.2 Å². The van der Waals surface area contributed by atoms with Crippen molar-refractivity contribution in [2.45, 2.75) is 44.3 Å². The number of nitrogens with zero attached hydrogens (tertiary/aromatic N) is 2. The number of fused-ring (bicyclic) bond motifs is 1. The van der Waals surface area contributed by atoms with Crippen LogP contribution in [0.2, 0.25) is 0 Å². The number of benzene rings is 1. The quantitative estimate of drug-likeness (QED) is 0.925. The molecule has 2 aliphatic rings. The Morgan fingerprint density at radius 2 is 2.15 bits per heavy atom. The Labute approximate surface area is 120 Å². The second kappa shape index (κ2) is 4.74. The predicted molar refractivity (Wildman–Crippen MR) is 83.0 cm³/mol. The lowest BCUT2D eigenvalue weighted by Gasteiger charge is -2.20. The van der Waals surface area contributed by atoms with Gasteiger partial charge in [-0.1, -0.05) is 12.1 Å². The van der Waals surface area contributed by atoms with Crippen molar-refractivity contribution < 1.29 is 0 Å². The summed E-state index contributed by atoms with van der Waals surface area (Å²) < 4.78 is 0. The Kier molecular flexibility index (Phi) is 2.88. The van der Waals surface area contributed by atoms with Gasteiger partial charge in [0, 0.05) is 48.1 Å². The molecule has 2 fully saturated rings. The Morgan fingerprint density at radius 1 is 1.25 bits per heavy atom. The zero-order valence-electron chi connectivity index (χ0n) is 11.9. The van der Waals surface area contributed by atoms with Gasteiger partial charge in [0.15, 0.2) is 0 Å². The molecule has 4 rings (SSSR count). The van der Waals surface area contributed by atoms with E-state index in [4.69, 9.17) is 0 Å². The molecule has 1 aromatic carbocycles. The number of hydrogen-bond donors (Lipinski definition) is 1. The maximum absolute atomic E-state index is 4.27. The molecule has 1 saturated heterocycles. The van der Waals surface area contributed by atoms with Crippen LogP contribution in [-0.2, 0) is 0 Å². The molecule has 1 aromatic heterocycles. The SMILES string of the molecule is CC1CC(Nc2cccc3ccncc23)CN1C1CC1. The second-order valence-electron chi connectivity index (χ2n) is 6.26. The summed E-state index contributed by atoms with van der Waals surface area (Å²) in [5.74, 6) is 0. The minimum Gasteiger partial charge on any atom is -0.380 e. The van der Waals surface area contributed by atoms with Crippen LogP contribution in [0.1, 0.15) is 26.2 Å². The maximum Gasteiger partial charge on any atom is 0.0438 e. The van der Waals surface area contributed by atoms with E-state index in [2.05, 4.69) is 46.4 Å². The number of nitrogens with one attached hydrogen (secondary N) is 1. The summed E-state index contributed by atoms with van der Waals surface area (Å²) in [6.07, 6.45) is 7.87. The van der Waals surface area contributed by atoms with Crippen molar-refractivity contribution in [2.24, 2.45) is 0 Å². The van der Waals surface area contributed by atoms with E-state index in [0.717, 1.165) is 6.04 Å². The molecule has 0 spiro atoms. The first-order valence-corrected chi connectivity index (χ1v) is 7.66. The Balaban J connectivity index is 1.56. The summed E-state index contributed by atoms with van der Waals surface area (Å²) in [6.45, 7) is 3.55. The first-order valence-electron chi connectivity index (χ1n) is 7.66. The molecule has 2 atom stereocenters. The molecule has 2 unspecified atom stereocenters. The number of likely N-dealkylation sites (tertiary alicyclic amines) is 1. The van der Waals surface area contributed by atoms with Gasteiger partial charge in [-0.25, -0.2) is 0 Å². The lowest BCUT2D eigenvalue weighted by Crippen LogP contribution is -2.31. The third-order valence-electron chi connectivity index (χ3n) is 4.68. The fourth-order valence-electron chi connectivity index (χ4n) is 3.53. The van der Waals surface area contributed by atoms with E-state index in [0.29, 0.717) is 12.1 Å². The molecule has 104 valence electrons. The van der Waals surface area contributed by atoms with Crippen LogP contribution in [0.5, 0.6) is 0 Å². The zero-order valence-corrected chi connectivity index (χ0v) is 11.9. The van der Waals surface area contributed by atoms with Crippen LogP contribution < -0.4 is 5.32 Å². The number of hydrogen-bond acceptors (Lipinski definition) is 3. The molecule has 3 nitrogen and oxygen atoms in total. The fourth-order valence-corrected chi connectivity index (χ4v) is 3.53. The van der Waals surface area contributed by atoms with Crippen molar-refractivity contribution in [1.82, 2.24) is 9.88 Å². The molecule has 3 heteroatoms. The van der Waals surface area contributed by atoms with Gasteiger partial charge in [-0.2, -0.15) is 0 Å². The molecular weight excluding hydrogens is 246 g/mol. The second-order valence-corrected chi connectivity index (χ2v) is 6.26. The highest BCUT2D eigenvalue weighted by atomic mass is 15.3. The van der Waals surface area contributed by atoms with Crippen molar-refractivity contribution >= 4 is 16.5 Å². The highest BCUT2D eigenvalue weighted by Gasteiger charge is 2.38. The summed E-state index contributed by atoms with van der Waals surface area (Å²) in [4.78, 5) is 6.95. The third-order valence-corrected chi connectivity index (χ3v) is 4.68. The average molecular weight is 267 g/mol. The molecule has 1 N–H and O–H groups in total. The van der Waals surface area contributed by atoms with Crippen LogP contribution in [-0.4, -0.2) is 34.6 Å². The smallest absolute Gasteiger partial charge is 0.0438 e.